The van der Waals surface area contributed by atoms with Crippen molar-refractivity contribution in [2.24, 2.45) is 5.73 Å². The van der Waals surface area contributed by atoms with Gasteiger partial charge in [0.05, 0.1) is 6.61 Å². The summed E-state index contributed by atoms with van der Waals surface area (Å²) >= 11 is 0. The predicted octanol–water partition coefficient (Wildman–Crippen LogP) is -1.13. The fraction of sp³-hybridized carbons (Fsp3) is 0.333. The molecule has 0 saturated heterocycles. The monoisotopic (exact) mass is 251 g/mol. The molecule has 0 radical (unpaired) electrons. The lowest BCUT2D eigenvalue weighted by Gasteiger charge is -2.06. The van der Waals surface area contributed by atoms with Crippen LogP contribution in [0.4, 0.5) is 0 Å². The van der Waals surface area contributed by atoms with Crippen molar-refractivity contribution in [3.05, 3.63) is 35.4 Å². The van der Waals surface area contributed by atoms with Crippen LogP contribution in [-0.2, 0) is 22.7 Å². The van der Waals surface area contributed by atoms with Gasteiger partial charge in [0, 0.05) is 19.6 Å². The van der Waals surface area contributed by atoms with Crippen molar-refractivity contribution >= 4 is 11.8 Å². The van der Waals surface area contributed by atoms with Gasteiger partial charge < -0.3 is 21.5 Å². The van der Waals surface area contributed by atoms with Crippen LogP contribution < -0.4 is 16.4 Å². The molecule has 0 unspecified atom stereocenters. The Bertz CT molecular complexity index is 421. The maximum Gasteiger partial charge on any atom is 0.309 e. The number of hydrogen-bond donors (Lipinski definition) is 4. The number of benzene rings is 1. The van der Waals surface area contributed by atoms with Crippen LogP contribution in [0.1, 0.15) is 11.1 Å². The molecule has 98 valence electrons. The number of nitrogens with one attached hydrogen (secondary N) is 2. The molecule has 1 aromatic rings. The summed E-state index contributed by atoms with van der Waals surface area (Å²) in [5.74, 6) is -1.47. The third kappa shape index (κ3) is 4.52. The molecule has 0 aliphatic rings. The summed E-state index contributed by atoms with van der Waals surface area (Å²) in [5.41, 5.74) is 7.34. The van der Waals surface area contributed by atoms with E-state index in [-0.39, 0.29) is 19.7 Å². The van der Waals surface area contributed by atoms with Gasteiger partial charge in [-0.15, -0.1) is 0 Å². The Labute approximate surface area is 105 Å². The minimum absolute atomic E-state index is 0.0644. The van der Waals surface area contributed by atoms with Crippen molar-refractivity contribution < 1.29 is 14.7 Å². The molecule has 0 saturated carbocycles. The fourth-order valence-corrected chi connectivity index (χ4v) is 1.38. The zero-order valence-electron chi connectivity index (χ0n) is 9.98. The smallest absolute Gasteiger partial charge is 0.309 e. The van der Waals surface area contributed by atoms with Crippen molar-refractivity contribution in [2.75, 3.05) is 13.2 Å². The summed E-state index contributed by atoms with van der Waals surface area (Å²) in [6.45, 7) is 0.560. The first-order valence-corrected chi connectivity index (χ1v) is 5.62. The quantitative estimate of drug-likeness (QED) is 0.497. The van der Waals surface area contributed by atoms with E-state index in [4.69, 9.17) is 10.8 Å². The molecule has 6 heteroatoms. The summed E-state index contributed by atoms with van der Waals surface area (Å²) < 4.78 is 0. The maximum absolute atomic E-state index is 11.3. The average Bonchev–Trinajstić information content (AvgIpc) is 2.42. The molecule has 0 heterocycles. The van der Waals surface area contributed by atoms with Crippen LogP contribution in [-0.4, -0.2) is 30.1 Å². The first kappa shape index (κ1) is 14.1. The van der Waals surface area contributed by atoms with E-state index in [2.05, 4.69) is 10.6 Å². The Morgan fingerprint density at radius 2 is 1.83 bits per heavy atom. The first-order chi connectivity index (χ1) is 8.67. The van der Waals surface area contributed by atoms with Gasteiger partial charge in [-0.05, 0) is 11.1 Å². The minimum Gasteiger partial charge on any atom is -0.395 e. The van der Waals surface area contributed by atoms with Crippen molar-refractivity contribution in [3.63, 3.8) is 0 Å². The molecule has 5 N–H and O–H groups in total. The van der Waals surface area contributed by atoms with E-state index in [1.165, 1.54) is 0 Å². The summed E-state index contributed by atoms with van der Waals surface area (Å²) in [5, 5.41) is 13.3. The molecule has 0 bridgehead atoms. The highest BCUT2D eigenvalue weighted by Gasteiger charge is 2.11. The molecule has 0 fully saturated rings. The zero-order chi connectivity index (χ0) is 13.4. The number of rotatable bonds is 5. The van der Waals surface area contributed by atoms with Crippen LogP contribution in [0.3, 0.4) is 0 Å². The number of carbonyl (C=O) groups excluding carboxylic acids is 2. The molecule has 0 aliphatic carbocycles. The zero-order valence-corrected chi connectivity index (χ0v) is 9.98. The van der Waals surface area contributed by atoms with Crippen LogP contribution in [0.15, 0.2) is 24.3 Å². The van der Waals surface area contributed by atoms with Crippen LogP contribution >= 0.6 is 0 Å². The topological polar surface area (TPSA) is 104 Å². The molecule has 0 spiro atoms. The molecular weight excluding hydrogens is 234 g/mol. The van der Waals surface area contributed by atoms with Gasteiger partial charge in [0.15, 0.2) is 0 Å². The predicted molar refractivity (Wildman–Crippen MR) is 66.3 cm³/mol. The van der Waals surface area contributed by atoms with Crippen LogP contribution in [0.2, 0.25) is 0 Å². The van der Waals surface area contributed by atoms with Gasteiger partial charge in [0.1, 0.15) is 0 Å². The Hall–Kier alpha value is -1.92. The van der Waals surface area contributed by atoms with Gasteiger partial charge in [0.2, 0.25) is 0 Å². The fourth-order valence-electron chi connectivity index (χ4n) is 1.38. The van der Waals surface area contributed by atoms with Crippen molar-refractivity contribution in [3.8, 4) is 0 Å². The molecular formula is C12H17N3O3. The molecule has 2 amide bonds. The summed E-state index contributed by atoms with van der Waals surface area (Å²) in [6.07, 6.45) is 0. The minimum atomic E-state index is -0.751. The highest BCUT2D eigenvalue weighted by atomic mass is 16.3. The lowest BCUT2D eigenvalue weighted by Crippen LogP contribution is -2.40. The third-order valence-corrected chi connectivity index (χ3v) is 2.28. The molecule has 1 rings (SSSR count). The third-order valence-electron chi connectivity index (χ3n) is 2.28. The number of aliphatic hydroxyl groups excluding tert-OH is 1. The van der Waals surface area contributed by atoms with Crippen molar-refractivity contribution in [1.82, 2.24) is 10.6 Å². The highest BCUT2D eigenvalue weighted by Crippen LogP contribution is 2.03. The second-order valence-corrected chi connectivity index (χ2v) is 3.69. The second kappa shape index (κ2) is 7.41. The van der Waals surface area contributed by atoms with E-state index in [0.29, 0.717) is 6.54 Å². The molecule has 6 nitrogen and oxygen atoms in total. The lowest BCUT2D eigenvalue weighted by molar-refractivity contribution is -0.139. The Morgan fingerprint density at radius 1 is 1.17 bits per heavy atom. The van der Waals surface area contributed by atoms with E-state index < -0.39 is 11.8 Å². The molecule has 1 aromatic carbocycles. The van der Waals surface area contributed by atoms with E-state index in [1.807, 2.05) is 24.3 Å². The first-order valence-electron chi connectivity index (χ1n) is 5.62. The summed E-state index contributed by atoms with van der Waals surface area (Å²) in [6, 6.07) is 7.44. The largest absolute Gasteiger partial charge is 0.395 e. The number of hydrogen-bond acceptors (Lipinski definition) is 4. The van der Waals surface area contributed by atoms with E-state index in [0.717, 1.165) is 11.1 Å². The Kier molecular flexibility index (Phi) is 5.83. The Morgan fingerprint density at radius 3 is 2.50 bits per heavy atom. The highest BCUT2D eigenvalue weighted by molar-refractivity contribution is 6.35. The number of aliphatic hydroxyl groups is 1. The van der Waals surface area contributed by atoms with E-state index in [9.17, 15) is 9.59 Å². The summed E-state index contributed by atoms with van der Waals surface area (Å²) in [4.78, 5) is 22.5. The number of amides is 2. The van der Waals surface area contributed by atoms with Crippen LogP contribution in [0, 0.1) is 0 Å². The van der Waals surface area contributed by atoms with E-state index in [1.54, 1.807) is 0 Å². The standard InChI is InChI=1S/C12H17N3O3/c13-7-9-2-1-3-10(6-9)8-15-12(18)11(17)14-4-5-16/h1-3,6,16H,4-5,7-8,13H2,(H,14,17)(H,15,18). The van der Waals surface area contributed by atoms with Gasteiger partial charge in [-0.3, -0.25) is 9.59 Å². The van der Waals surface area contributed by atoms with Crippen LogP contribution in [0.5, 0.6) is 0 Å². The van der Waals surface area contributed by atoms with Gasteiger partial charge in [0.25, 0.3) is 0 Å². The molecule has 0 atom stereocenters. The van der Waals surface area contributed by atoms with Crippen molar-refractivity contribution in [1.29, 1.82) is 0 Å². The second-order valence-electron chi connectivity index (χ2n) is 3.69. The number of carbonyl (C=O) groups is 2. The van der Waals surface area contributed by atoms with Gasteiger partial charge in [-0.25, -0.2) is 0 Å². The van der Waals surface area contributed by atoms with Crippen LogP contribution in [0.25, 0.3) is 0 Å². The van der Waals surface area contributed by atoms with E-state index >= 15 is 0 Å². The molecule has 0 aromatic heterocycles. The van der Waals surface area contributed by atoms with Crippen molar-refractivity contribution in [2.45, 2.75) is 13.1 Å². The SMILES string of the molecule is NCc1cccc(CNC(=O)C(=O)NCCO)c1. The van der Waals surface area contributed by atoms with Gasteiger partial charge in [-0.2, -0.15) is 0 Å². The molecule has 0 aliphatic heterocycles. The average molecular weight is 251 g/mol. The Balaban J connectivity index is 2.44. The summed E-state index contributed by atoms with van der Waals surface area (Å²) in [7, 11) is 0. The normalized spacial score (nSPS) is 9.89. The van der Waals surface area contributed by atoms with Gasteiger partial charge in [-0.1, -0.05) is 24.3 Å². The molecule has 18 heavy (non-hydrogen) atoms. The lowest BCUT2D eigenvalue weighted by atomic mass is 10.1. The van der Waals surface area contributed by atoms with Gasteiger partial charge >= 0.3 is 11.8 Å². The number of nitrogens with two attached hydrogens (primary N) is 1. The maximum atomic E-state index is 11.3.